The zero-order valence-corrected chi connectivity index (χ0v) is 19.1. The summed E-state index contributed by atoms with van der Waals surface area (Å²) >= 11 is 0. The van der Waals surface area contributed by atoms with Crippen LogP contribution in [0, 0.1) is 24.5 Å². The van der Waals surface area contributed by atoms with Crippen LogP contribution >= 0.6 is 0 Å². The summed E-state index contributed by atoms with van der Waals surface area (Å²) in [5.74, 6) is -7.84. The maximum absolute atomic E-state index is 13.7. The molecule has 0 spiro atoms. The third kappa shape index (κ3) is 3.62. The summed E-state index contributed by atoms with van der Waals surface area (Å²) in [4.78, 5) is 39.4. The van der Waals surface area contributed by atoms with Crippen LogP contribution in [0.2, 0.25) is 0 Å². The van der Waals surface area contributed by atoms with Crippen molar-refractivity contribution in [2.75, 3.05) is 5.32 Å². The van der Waals surface area contributed by atoms with Gasteiger partial charge in [-0.3, -0.25) is 14.4 Å². The summed E-state index contributed by atoms with van der Waals surface area (Å²) < 4.78 is 55.9. The molecule has 3 aliphatic rings. The summed E-state index contributed by atoms with van der Waals surface area (Å²) in [6.45, 7) is 1.50. The normalized spacial score (nSPS) is 22.8. The molecular weight excluding hydrogens is 482 g/mol. The van der Waals surface area contributed by atoms with E-state index in [0.717, 1.165) is 24.8 Å². The standard InChI is InChI=1S/C24H23F4N5O3/c1-10-18(20(34)22(36)32-23(17(30)7-29)8-24(27,28)9-23)16-5-11-4-15(11)33(16)19(10)21(35)31-12-2-3-13(25)14(26)6-12/h2-3,6-7,11,15H,4-5,8-9,29-30H2,1H3,(H,31,35)(H,32,36)/b17-7-. The minimum absolute atomic E-state index is 0.0155. The number of anilines is 1. The molecule has 2 saturated carbocycles. The molecule has 2 heterocycles. The molecule has 0 radical (unpaired) electrons. The number of amides is 2. The number of hydrogen-bond donors (Lipinski definition) is 4. The van der Waals surface area contributed by atoms with Crippen molar-refractivity contribution in [1.82, 2.24) is 9.88 Å². The fourth-order valence-electron chi connectivity index (χ4n) is 5.44. The second-order valence-electron chi connectivity index (χ2n) is 9.71. The number of aromatic nitrogens is 1. The SMILES string of the molecule is Cc1c(C(=O)C(=O)NC2(/C(N)=C/N)CC(F)(F)C2)c2n(c1C(=O)Nc1ccc(F)c(F)c1)C1CC1C2. The van der Waals surface area contributed by atoms with Crippen molar-refractivity contribution in [2.24, 2.45) is 17.4 Å². The highest BCUT2D eigenvalue weighted by Gasteiger charge is 2.59. The molecule has 36 heavy (non-hydrogen) atoms. The van der Waals surface area contributed by atoms with E-state index in [0.29, 0.717) is 12.1 Å². The average molecular weight is 505 g/mol. The number of nitrogens with zero attached hydrogens (tertiary/aromatic N) is 1. The fourth-order valence-corrected chi connectivity index (χ4v) is 5.44. The van der Waals surface area contributed by atoms with Crippen LogP contribution in [-0.2, 0) is 11.2 Å². The van der Waals surface area contributed by atoms with E-state index in [1.54, 1.807) is 4.57 Å². The van der Waals surface area contributed by atoms with Crippen molar-refractivity contribution >= 4 is 23.3 Å². The van der Waals surface area contributed by atoms with E-state index in [1.165, 1.54) is 13.0 Å². The number of halogens is 4. The van der Waals surface area contributed by atoms with Gasteiger partial charge in [-0.2, -0.15) is 0 Å². The minimum atomic E-state index is -3.07. The van der Waals surface area contributed by atoms with E-state index >= 15 is 0 Å². The smallest absolute Gasteiger partial charge is 0.293 e. The summed E-state index contributed by atoms with van der Waals surface area (Å²) in [7, 11) is 0. The van der Waals surface area contributed by atoms with Gasteiger partial charge in [-0.05, 0) is 43.4 Å². The number of Topliss-reactive ketones (excluding diaryl/α,β-unsaturated/α-hetero) is 1. The summed E-state index contributed by atoms with van der Waals surface area (Å²) in [5.41, 5.74) is 10.2. The van der Waals surface area contributed by atoms with Gasteiger partial charge >= 0.3 is 0 Å². The van der Waals surface area contributed by atoms with Crippen LogP contribution in [0.1, 0.15) is 57.4 Å². The third-order valence-corrected chi connectivity index (χ3v) is 7.25. The molecule has 1 aromatic heterocycles. The highest BCUT2D eigenvalue weighted by atomic mass is 19.3. The predicted octanol–water partition coefficient (Wildman–Crippen LogP) is 2.67. The Morgan fingerprint density at radius 2 is 1.86 bits per heavy atom. The van der Waals surface area contributed by atoms with Crippen molar-refractivity contribution in [3.8, 4) is 0 Å². The largest absolute Gasteiger partial charge is 0.403 e. The van der Waals surface area contributed by atoms with Crippen LogP contribution in [0.25, 0.3) is 0 Å². The first-order chi connectivity index (χ1) is 16.9. The molecule has 5 rings (SSSR count). The molecule has 0 bridgehead atoms. The Hall–Kier alpha value is -3.83. The molecule has 190 valence electrons. The summed E-state index contributed by atoms with van der Waals surface area (Å²) in [6.07, 6.45) is 0.583. The lowest BCUT2D eigenvalue weighted by Gasteiger charge is -2.47. The van der Waals surface area contributed by atoms with Crippen molar-refractivity contribution in [3.63, 3.8) is 0 Å². The Balaban J connectivity index is 1.45. The van der Waals surface area contributed by atoms with Gasteiger partial charge in [-0.25, -0.2) is 17.6 Å². The molecule has 1 aliphatic heterocycles. The molecule has 2 aliphatic carbocycles. The lowest BCUT2D eigenvalue weighted by Crippen LogP contribution is -2.65. The Kier molecular flexibility index (Phi) is 5.20. The highest BCUT2D eigenvalue weighted by Crippen LogP contribution is 2.54. The van der Waals surface area contributed by atoms with Gasteiger partial charge in [0.2, 0.25) is 0 Å². The first-order valence-electron chi connectivity index (χ1n) is 11.3. The van der Waals surface area contributed by atoms with E-state index in [4.69, 9.17) is 11.5 Å². The highest BCUT2D eigenvalue weighted by molar-refractivity contribution is 6.44. The third-order valence-electron chi connectivity index (χ3n) is 7.25. The Morgan fingerprint density at radius 1 is 1.17 bits per heavy atom. The quantitative estimate of drug-likeness (QED) is 0.272. The topological polar surface area (TPSA) is 132 Å². The maximum Gasteiger partial charge on any atom is 0.293 e. The first-order valence-corrected chi connectivity index (χ1v) is 11.3. The number of nitrogens with one attached hydrogen (secondary N) is 2. The fraction of sp³-hybridized carbons (Fsp3) is 0.375. The molecule has 0 saturated heterocycles. The lowest BCUT2D eigenvalue weighted by molar-refractivity contribution is -0.137. The zero-order valence-electron chi connectivity index (χ0n) is 19.1. The lowest BCUT2D eigenvalue weighted by atomic mass is 9.71. The minimum Gasteiger partial charge on any atom is -0.403 e. The number of carbonyl (C=O) groups excluding carboxylic acids is 3. The molecular formula is C24H23F4N5O3. The number of alkyl halides is 2. The van der Waals surface area contributed by atoms with E-state index in [9.17, 15) is 31.9 Å². The maximum atomic E-state index is 13.7. The monoisotopic (exact) mass is 505 g/mol. The van der Waals surface area contributed by atoms with Gasteiger partial charge in [-0.1, -0.05) is 0 Å². The predicted molar refractivity (Wildman–Crippen MR) is 120 cm³/mol. The number of benzene rings is 1. The second kappa shape index (κ2) is 7.84. The van der Waals surface area contributed by atoms with Gasteiger partial charge in [0.25, 0.3) is 23.5 Å². The van der Waals surface area contributed by atoms with Crippen LogP contribution in [-0.4, -0.2) is 33.6 Å². The van der Waals surface area contributed by atoms with E-state index in [2.05, 4.69) is 10.6 Å². The summed E-state index contributed by atoms with van der Waals surface area (Å²) in [5, 5.41) is 4.84. The van der Waals surface area contributed by atoms with Gasteiger partial charge in [-0.15, -0.1) is 0 Å². The van der Waals surface area contributed by atoms with Gasteiger partial charge in [0.1, 0.15) is 5.69 Å². The number of hydrogen-bond acceptors (Lipinski definition) is 5. The van der Waals surface area contributed by atoms with E-state index in [-0.39, 0.29) is 40.2 Å². The zero-order chi connectivity index (χ0) is 26.2. The summed E-state index contributed by atoms with van der Waals surface area (Å²) in [6, 6.07) is 2.88. The molecule has 2 amide bonds. The second-order valence-corrected chi connectivity index (χ2v) is 9.71. The van der Waals surface area contributed by atoms with Gasteiger partial charge in [0.05, 0.1) is 16.8 Å². The first kappa shape index (κ1) is 23.9. The van der Waals surface area contributed by atoms with Gasteiger partial charge < -0.3 is 26.7 Å². The van der Waals surface area contributed by atoms with Crippen molar-refractivity contribution in [1.29, 1.82) is 0 Å². The van der Waals surface area contributed by atoms with E-state index < -0.39 is 53.5 Å². The van der Waals surface area contributed by atoms with E-state index in [1.807, 2.05) is 0 Å². The number of nitrogens with two attached hydrogens (primary N) is 2. The van der Waals surface area contributed by atoms with Gasteiger partial charge in [0.15, 0.2) is 11.6 Å². The van der Waals surface area contributed by atoms with Crippen molar-refractivity contribution < 1.29 is 31.9 Å². The molecule has 12 heteroatoms. The van der Waals surface area contributed by atoms with Crippen molar-refractivity contribution in [2.45, 2.75) is 50.1 Å². The molecule has 2 fully saturated rings. The number of rotatable bonds is 6. The number of ketones is 1. The molecule has 2 atom stereocenters. The number of fused-ring (bicyclic) bond motifs is 3. The van der Waals surface area contributed by atoms with Crippen LogP contribution in [0.3, 0.4) is 0 Å². The molecule has 8 nitrogen and oxygen atoms in total. The number of carbonyl (C=O) groups is 3. The Labute approximate surface area is 202 Å². The molecule has 2 aromatic rings. The van der Waals surface area contributed by atoms with Crippen LogP contribution in [0.5, 0.6) is 0 Å². The van der Waals surface area contributed by atoms with Gasteiger partial charge in [0, 0.05) is 42.5 Å². The van der Waals surface area contributed by atoms with Crippen molar-refractivity contribution in [3.05, 3.63) is 64.2 Å². The molecule has 6 N–H and O–H groups in total. The van der Waals surface area contributed by atoms with Crippen LogP contribution < -0.4 is 22.1 Å². The molecule has 2 unspecified atom stereocenters. The average Bonchev–Trinajstić information content (AvgIpc) is 3.37. The van der Waals surface area contributed by atoms with Crippen LogP contribution in [0.4, 0.5) is 23.2 Å². The molecule has 1 aromatic carbocycles. The van der Waals surface area contributed by atoms with Crippen LogP contribution in [0.15, 0.2) is 30.1 Å². The Morgan fingerprint density at radius 3 is 2.47 bits per heavy atom. The Bertz CT molecular complexity index is 1360.